The van der Waals surface area contributed by atoms with Crippen molar-refractivity contribution in [3.8, 4) is 23.3 Å². The van der Waals surface area contributed by atoms with E-state index in [1.807, 2.05) is 18.2 Å². The Kier molecular flexibility index (Phi) is 5.38. The Morgan fingerprint density at radius 1 is 1.47 bits per heavy atom. The highest BCUT2D eigenvalue weighted by Gasteiger charge is 2.16. The lowest BCUT2D eigenvalue weighted by Gasteiger charge is -2.13. The van der Waals surface area contributed by atoms with Crippen LogP contribution in [-0.2, 0) is 4.74 Å². The van der Waals surface area contributed by atoms with Crippen molar-refractivity contribution < 1.29 is 14.2 Å². The summed E-state index contributed by atoms with van der Waals surface area (Å²) in [6.45, 7) is 1.39. The van der Waals surface area contributed by atoms with Crippen molar-refractivity contribution in [2.24, 2.45) is 0 Å². The van der Waals surface area contributed by atoms with Gasteiger partial charge in [0.1, 0.15) is 18.1 Å². The van der Waals surface area contributed by atoms with Crippen molar-refractivity contribution >= 4 is 11.6 Å². The predicted octanol–water partition coefficient (Wildman–Crippen LogP) is 2.84. The van der Waals surface area contributed by atoms with Gasteiger partial charge < -0.3 is 14.2 Å². The topological polar surface area (TPSA) is 27.7 Å². The summed E-state index contributed by atoms with van der Waals surface area (Å²) in [5, 5.41) is 0. The average molecular weight is 281 g/mol. The number of methoxy groups -OCH3 is 1. The van der Waals surface area contributed by atoms with Crippen LogP contribution in [-0.4, -0.2) is 32.3 Å². The molecule has 1 aromatic carbocycles. The van der Waals surface area contributed by atoms with E-state index in [-0.39, 0.29) is 6.10 Å². The Morgan fingerprint density at radius 2 is 2.37 bits per heavy atom. The zero-order valence-corrected chi connectivity index (χ0v) is 11.7. The van der Waals surface area contributed by atoms with Crippen LogP contribution in [0.3, 0.4) is 0 Å². The molecular formula is C15H17ClO3. The third-order valence-corrected chi connectivity index (χ3v) is 3.06. The van der Waals surface area contributed by atoms with Crippen LogP contribution >= 0.6 is 11.6 Å². The molecule has 1 heterocycles. The summed E-state index contributed by atoms with van der Waals surface area (Å²) in [6.07, 6.45) is 2.35. The van der Waals surface area contributed by atoms with Gasteiger partial charge in [-0.25, -0.2) is 0 Å². The zero-order chi connectivity index (χ0) is 13.5. The fourth-order valence-corrected chi connectivity index (χ4v) is 2.01. The van der Waals surface area contributed by atoms with E-state index >= 15 is 0 Å². The van der Waals surface area contributed by atoms with Crippen LogP contribution in [0.4, 0.5) is 0 Å². The summed E-state index contributed by atoms with van der Waals surface area (Å²) in [7, 11) is 1.63. The van der Waals surface area contributed by atoms with Gasteiger partial charge in [-0.05, 0) is 31.0 Å². The van der Waals surface area contributed by atoms with E-state index < -0.39 is 0 Å². The lowest BCUT2D eigenvalue weighted by molar-refractivity contribution is 0.0678. The average Bonchev–Trinajstić information content (AvgIpc) is 2.96. The van der Waals surface area contributed by atoms with Crippen molar-refractivity contribution in [1.82, 2.24) is 0 Å². The summed E-state index contributed by atoms with van der Waals surface area (Å²) in [5.41, 5.74) is 0.790. The first-order chi connectivity index (χ1) is 9.33. The molecule has 1 aromatic rings. The lowest BCUT2D eigenvalue weighted by atomic mass is 10.2. The lowest BCUT2D eigenvalue weighted by Crippen LogP contribution is -2.16. The fraction of sp³-hybridized carbons (Fsp3) is 0.467. The third-order valence-electron chi connectivity index (χ3n) is 2.93. The molecule has 1 aliphatic rings. The number of hydrogen-bond donors (Lipinski definition) is 0. The maximum atomic E-state index is 5.79. The zero-order valence-electron chi connectivity index (χ0n) is 10.9. The maximum absolute atomic E-state index is 5.79. The molecule has 0 aliphatic carbocycles. The molecule has 2 rings (SSSR count). The van der Waals surface area contributed by atoms with E-state index in [4.69, 9.17) is 25.8 Å². The van der Waals surface area contributed by atoms with Gasteiger partial charge in [-0.1, -0.05) is 11.8 Å². The number of rotatable bonds is 4. The summed E-state index contributed by atoms with van der Waals surface area (Å²) in [6, 6.07) is 5.58. The van der Waals surface area contributed by atoms with E-state index in [0.29, 0.717) is 12.5 Å². The van der Waals surface area contributed by atoms with Crippen LogP contribution < -0.4 is 9.47 Å². The molecule has 1 unspecified atom stereocenters. The number of alkyl halides is 1. The Bertz CT molecular complexity index is 470. The molecule has 3 nitrogen and oxygen atoms in total. The van der Waals surface area contributed by atoms with Crippen LogP contribution in [0.15, 0.2) is 18.2 Å². The van der Waals surface area contributed by atoms with Gasteiger partial charge in [0.15, 0.2) is 0 Å². The van der Waals surface area contributed by atoms with Crippen LogP contribution in [0.5, 0.6) is 11.5 Å². The maximum Gasteiger partial charge on any atom is 0.135 e. The molecule has 0 aromatic heterocycles. The molecule has 0 bridgehead atoms. The normalized spacial score (nSPS) is 17.7. The van der Waals surface area contributed by atoms with Crippen molar-refractivity contribution in [3.63, 3.8) is 0 Å². The molecule has 0 amide bonds. The largest absolute Gasteiger partial charge is 0.497 e. The molecule has 1 fully saturated rings. The summed E-state index contributed by atoms with van der Waals surface area (Å²) in [5.74, 6) is 7.61. The van der Waals surface area contributed by atoms with Crippen LogP contribution in [0.25, 0.3) is 0 Å². The molecule has 4 heteroatoms. The van der Waals surface area contributed by atoms with Crippen molar-refractivity contribution in [1.29, 1.82) is 0 Å². The minimum absolute atomic E-state index is 0.191. The van der Waals surface area contributed by atoms with Gasteiger partial charge in [0.25, 0.3) is 0 Å². The van der Waals surface area contributed by atoms with E-state index in [2.05, 4.69) is 11.8 Å². The second-order valence-electron chi connectivity index (χ2n) is 4.24. The smallest absolute Gasteiger partial charge is 0.135 e. The van der Waals surface area contributed by atoms with Crippen molar-refractivity contribution in [2.45, 2.75) is 18.9 Å². The van der Waals surface area contributed by atoms with Gasteiger partial charge in [-0.15, -0.1) is 11.6 Å². The molecular weight excluding hydrogens is 264 g/mol. The quantitative estimate of drug-likeness (QED) is 0.627. The van der Waals surface area contributed by atoms with E-state index in [0.717, 1.165) is 36.5 Å². The number of ether oxygens (including phenoxy) is 3. The number of benzene rings is 1. The van der Waals surface area contributed by atoms with Crippen LogP contribution in [0, 0.1) is 11.8 Å². The monoisotopic (exact) mass is 280 g/mol. The van der Waals surface area contributed by atoms with Crippen molar-refractivity contribution in [2.75, 3.05) is 26.2 Å². The third kappa shape index (κ3) is 4.05. The van der Waals surface area contributed by atoms with E-state index in [1.165, 1.54) is 0 Å². The molecule has 0 N–H and O–H groups in total. The Hall–Kier alpha value is -1.37. The highest BCUT2D eigenvalue weighted by atomic mass is 35.5. The second kappa shape index (κ2) is 7.28. The standard InChI is InChI=1S/C15H17ClO3/c1-17-13-6-7-15(12(10-13)4-2-8-16)19-11-14-5-3-9-18-14/h6-7,10,14H,3,5,8-9,11H2,1H3. The Morgan fingerprint density at radius 3 is 3.05 bits per heavy atom. The summed E-state index contributed by atoms with van der Waals surface area (Å²) < 4.78 is 16.5. The van der Waals surface area contributed by atoms with Gasteiger partial charge in [-0.2, -0.15) is 0 Å². The molecule has 0 spiro atoms. The van der Waals surface area contributed by atoms with Crippen LogP contribution in [0.1, 0.15) is 18.4 Å². The highest BCUT2D eigenvalue weighted by Crippen LogP contribution is 2.24. The first-order valence-corrected chi connectivity index (χ1v) is 6.84. The highest BCUT2D eigenvalue weighted by molar-refractivity contribution is 6.19. The molecule has 1 atom stereocenters. The van der Waals surface area contributed by atoms with Gasteiger partial charge in [0.05, 0.1) is 24.7 Å². The van der Waals surface area contributed by atoms with Gasteiger partial charge in [-0.3, -0.25) is 0 Å². The number of halogens is 1. The van der Waals surface area contributed by atoms with E-state index in [9.17, 15) is 0 Å². The predicted molar refractivity (Wildman–Crippen MR) is 75.1 cm³/mol. The molecule has 19 heavy (non-hydrogen) atoms. The summed E-state index contributed by atoms with van der Waals surface area (Å²) >= 11 is 5.59. The second-order valence-corrected chi connectivity index (χ2v) is 4.51. The number of hydrogen-bond acceptors (Lipinski definition) is 3. The minimum atomic E-state index is 0.191. The van der Waals surface area contributed by atoms with Crippen LogP contribution in [0.2, 0.25) is 0 Å². The fourth-order valence-electron chi connectivity index (χ4n) is 1.95. The molecule has 102 valence electrons. The SMILES string of the molecule is COc1ccc(OCC2CCCO2)c(C#CCCl)c1. The molecule has 0 saturated carbocycles. The van der Waals surface area contributed by atoms with Gasteiger partial charge in [0.2, 0.25) is 0 Å². The summed E-state index contributed by atoms with van der Waals surface area (Å²) in [4.78, 5) is 0. The Labute approximate surface area is 118 Å². The molecule has 1 saturated heterocycles. The first-order valence-electron chi connectivity index (χ1n) is 6.30. The molecule has 0 radical (unpaired) electrons. The van der Waals surface area contributed by atoms with Gasteiger partial charge in [0, 0.05) is 6.61 Å². The van der Waals surface area contributed by atoms with E-state index in [1.54, 1.807) is 7.11 Å². The minimum Gasteiger partial charge on any atom is -0.497 e. The molecule has 1 aliphatic heterocycles. The Balaban J connectivity index is 2.08. The van der Waals surface area contributed by atoms with Crippen molar-refractivity contribution in [3.05, 3.63) is 23.8 Å². The first kappa shape index (κ1) is 14.0. The van der Waals surface area contributed by atoms with Gasteiger partial charge >= 0.3 is 0 Å².